The van der Waals surface area contributed by atoms with Gasteiger partial charge in [-0.05, 0) is 12.1 Å². The van der Waals surface area contributed by atoms with Crippen LogP contribution in [0.3, 0.4) is 0 Å². The molecule has 0 saturated heterocycles. The van der Waals surface area contributed by atoms with E-state index in [1.807, 2.05) is 19.2 Å². The number of hydrogen-bond acceptors (Lipinski definition) is 2. The highest BCUT2D eigenvalue weighted by Crippen LogP contribution is 2.25. The van der Waals surface area contributed by atoms with Crippen LogP contribution in [0.4, 0.5) is 5.69 Å². The predicted octanol–water partition coefficient (Wildman–Crippen LogP) is 2.39. The molecule has 0 aliphatic carbocycles. The number of hydrogen-bond donors (Lipinski definition) is 1. The molecule has 0 radical (unpaired) electrons. The van der Waals surface area contributed by atoms with E-state index in [-0.39, 0.29) is 0 Å². The third-order valence-corrected chi connectivity index (χ3v) is 1.76. The minimum atomic E-state index is 0.673. The third kappa shape index (κ3) is 1.77. The Morgan fingerprint density at radius 2 is 2.18 bits per heavy atom. The van der Waals surface area contributed by atoms with Crippen LogP contribution in [0.2, 0.25) is 5.02 Å². The molecule has 1 N–H and O–H groups in total. The van der Waals surface area contributed by atoms with Crippen molar-refractivity contribution in [1.29, 1.82) is 0 Å². The van der Waals surface area contributed by atoms with E-state index in [4.69, 9.17) is 16.3 Å². The second-order valence-electron chi connectivity index (χ2n) is 2.10. The van der Waals surface area contributed by atoms with Gasteiger partial charge in [-0.3, -0.25) is 0 Å². The lowest BCUT2D eigenvalue weighted by atomic mass is 10.3. The van der Waals surface area contributed by atoms with E-state index in [0.717, 1.165) is 11.4 Å². The van der Waals surface area contributed by atoms with Crippen molar-refractivity contribution in [1.82, 2.24) is 0 Å². The van der Waals surface area contributed by atoms with E-state index >= 15 is 0 Å². The molecule has 1 rings (SSSR count). The molecule has 0 heterocycles. The number of anilines is 1. The van der Waals surface area contributed by atoms with Crippen molar-refractivity contribution in [2.24, 2.45) is 0 Å². The summed E-state index contributed by atoms with van der Waals surface area (Å²) in [4.78, 5) is 0. The first-order chi connectivity index (χ1) is 5.27. The molecule has 0 atom stereocenters. The fourth-order valence-electron chi connectivity index (χ4n) is 0.826. The van der Waals surface area contributed by atoms with Crippen LogP contribution in [-0.4, -0.2) is 14.2 Å². The fourth-order valence-corrected chi connectivity index (χ4v) is 1.09. The number of benzene rings is 1. The average Bonchev–Trinajstić information content (AvgIpc) is 2.04. The summed E-state index contributed by atoms with van der Waals surface area (Å²) in [7, 11) is 3.44. The first-order valence-electron chi connectivity index (χ1n) is 3.29. The maximum atomic E-state index is 5.87. The number of methoxy groups -OCH3 is 1. The molecule has 0 aromatic heterocycles. The molecule has 0 amide bonds. The van der Waals surface area contributed by atoms with Crippen LogP contribution in [0.25, 0.3) is 0 Å². The first kappa shape index (κ1) is 8.21. The van der Waals surface area contributed by atoms with Crippen LogP contribution in [-0.2, 0) is 0 Å². The van der Waals surface area contributed by atoms with Crippen LogP contribution >= 0.6 is 11.6 Å². The van der Waals surface area contributed by atoms with Gasteiger partial charge in [-0.2, -0.15) is 0 Å². The van der Waals surface area contributed by atoms with Gasteiger partial charge in [0, 0.05) is 13.1 Å². The zero-order valence-corrected chi connectivity index (χ0v) is 7.27. The van der Waals surface area contributed by atoms with Crippen molar-refractivity contribution >= 4 is 17.3 Å². The summed E-state index contributed by atoms with van der Waals surface area (Å²) in [6, 6.07) is 5.51. The Morgan fingerprint density at radius 1 is 1.45 bits per heavy atom. The molecule has 1 aromatic carbocycles. The second kappa shape index (κ2) is 3.49. The Balaban J connectivity index is 2.99. The van der Waals surface area contributed by atoms with E-state index in [0.29, 0.717) is 5.02 Å². The Bertz CT molecular complexity index is 250. The maximum absolute atomic E-state index is 5.87. The zero-order chi connectivity index (χ0) is 8.27. The lowest BCUT2D eigenvalue weighted by Crippen LogP contribution is -1.89. The second-order valence-corrected chi connectivity index (χ2v) is 2.50. The van der Waals surface area contributed by atoms with Crippen molar-refractivity contribution in [2.75, 3.05) is 19.5 Å². The number of halogens is 1. The SMILES string of the molecule is CNc1ccc(OC)cc1Cl. The van der Waals surface area contributed by atoms with Crippen LogP contribution in [0.15, 0.2) is 18.2 Å². The average molecular weight is 172 g/mol. The third-order valence-electron chi connectivity index (χ3n) is 1.45. The van der Waals surface area contributed by atoms with E-state index in [9.17, 15) is 0 Å². The fraction of sp³-hybridized carbons (Fsp3) is 0.250. The van der Waals surface area contributed by atoms with Crippen LogP contribution in [0.5, 0.6) is 5.75 Å². The summed E-state index contributed by atoms with van der Waals surface area (Å²) in [5.74, 6) is 0.772. The van der Waals surface area contributed by atoms with Gasteiger partial charge >= 0.3 is 0 Å². The Hall–Kier alpha value is -0.890. The molecule has 2 nitrogen and oxygen atoms in total. The van der Waals surface area contributed by atoms with Crippen LogP contribution in [0.1, 0.15) is 0 Å². The predicted molar refractivity (Wildman–Crippen MR) is 47.6 cm³/mol. The minimum Gasteiger partial charge on any atom is -0.497 e. The van der Waals surface area contributed by atoms with Crippen molar-refractivity contribution in [2.45, 2.75) is 0 Å². The van der Waals surface area contributed by atoms with Crippen LogP contribution in [0, 0.1) is 0 Å². The van der Waals surface area contributed by atoms with Gasteiger partial charge in [-0.25, -0.2) is 0 Å². The van der Waals surface area contributed by atoms with Gasteiger partial charge in [0.25, 0.3) is 0 Å². The molecule has 0 fully saturated rings. The number of rotatable bonds is 2. The minimum absolute atomic E-state index is 0.673. The summed E-state index contributed by atoms with van der Waals surface area (Å²) in [5.41, 5.74) is 0.910. The normalized spacial score (nSPS) is 9.36. The molecule has 0 bridgehead atoms. The topological polar surface area (TPSA) is 21.3 Å². The monoisotopic (exact) mass is 171 g/mol. The molecular formula is C8H10ClNO. The lowest BCUT2D eigenvalue weighted by Gasteiger charge is -2.04. The number of nitrogens with one attached hydrogen (secondary N) is 1. The highest BCUT2D eigenvalue weighted by Gasteiger charge is 1.98. The van der Waals surface area contributed by atoms with E-state index < -0.39 is 0 Å². The Kier molecular flexibility index (Phi) is 2.60. The quantitative estimate of drug-likeness (QED) is 0.738. The van der Waals surface area contributed by atoms with E-state index in [1.165, 1.54) is 0 Å². The molecular weight excluding hydrogens is 162 g/mol. The largest absolute Gasteiger partial charge is 0.497 e. The standard InChI is InChI=1S/C8H10ClNO/c1-10-8-4-3-6(11-2)5-7(8)9/h3-5,10H,1-2H3. The number of ether oxygens (including phenoxy) is 1. The van der Waals surface area contributed by atoms with Gasteiger partial charge in [0.05, 0.1) is 17.8 Å². The first-order valence-corrected chi connectivity index (χ1v) is 3.67. The highest BCUT2D eigenvalue weighted by molar-refractivity contribution is 6.33. The zero-order valence-electron chi connectivity index (χ0n) is 6.52. The molecule has 0 aliphatic rings. The van der Waals surface area contributed by atoms with Crippen molar-refractivity contribution in [3.63, 3.8) is 0 Å². The molecule has 60 valence electrons. The van der Waals surface area contributed by atoms with Gasteiger partial charge in [0.1, 0.15) is 5.75 Å². The van der Waals surface area contributed by atoms with Crippen molar-refractivity contribution in [3.8, 4) is 5.75 Å². The lowest BCUT2D eigenvalue weighted by molar-refractivity contribution is 0.415. The van der Waals surface area contributed by atoms with E-state index in [1.54, 1.807) is 13.2 Å². The summed E-state index contributed by atoms with van der Waals surface area (Å²) in [6.07, 6.45) is 0. The van der Waals surface area contributed by atoms with Crippen molar-refractivity contribution in [3.05, 3.63) is 23.2 Å². The van der Waals surface area contributed by atoms with Crippen molar-refractivity contribution < 1.29 is 4.74 Å². The molecule has 0 aliphatic heterocycles. The molecule has 11 heavy (non-hydrogen) atoms. The van der Waals surface area contributed by atoms with Gasteiger partial charge < -0.3 is 10.1 Å². The smallest absolute Gasteiger partial charge is 0.120 e. The Morgan fingerprint density at radius 3 is 2.64 bits per heavy atom. The van der Waals surface area contributed by atoms with Gasteiger partial charge in [0.2, 0.25) is 0 Å². The summed E-state index contributed by atoms with van der Waals surface area (Å²) in [6.45, 7) is 0. The van der Waals surface area contributed by atoms with Gasteiger partial charge in [-0.15, -0.1) is 0 Å². The van der Waals surface area contributed by atoms with Gasteiger partial charge in [-0.1, -0.05) is 11.6 Å². The Labute approximate surface area is 71.1 Å². The molecule has 0 unspecified atom stereocenters. The summed E-state index contributed by atoms with van der Waals surface area (Å²) < 4.78 is 4.98. The molecule has 3 heteroatoms. The molecule has 0 spiro atoms. The molecule has 0 saturated carbocycles. The highest BCUT2D eigenvalue weighted by atomic mass is 35.5. The molecule has 1 aromatic rings. The maximum Gasteiger partial charge on any atom is 0.120 e. The summed E-state index contributed by atoms with van der Waals surface area (Å²) in [5, 5.41) is 3.63. The van der Waals surface area contributed by atoms with Gasteiger partial charge in [0.15, 0.2) is 0 Å². The summed E-state index contributed by atoms with van der Waals surface area (Å²) >= 11 is 5.87. The van der Waals surface area contributed by atoms with E-state index in [2.05, 4.69) is 5.32 Å². The van der Waals surface area contributed by atoms with Crippen LogP contribution < -0.4 is 10.1 Å².